The van der Waals surface area contributed by atoms with Gasteiger partial charge in [-0.15, -0.1) is 0 Å². The molecule has 1 aliphatic rings. The molecule has 1 saturated heterocycles. The smallest absolute Gasteiger partial charge is 0.300 e. The summed E-state index contributed by atoms with van der Waals surface area (Å²) in [7, 11) is 0. The molecular weight excluding hydrogens is 369 g/mol. The molecule has 0 saturated carbocycles. The molecule has 29 heavy (non-hydrogen) atoms. The fraction of sp³-hybridized carbons (Fsp3) is 0.0833. The number of ketones is 1. The van der Waals surface area contributed by atoms with Gasteiger partial charge in [-0.05, 0) is 30.7 Å². The number of nitrogens with zero attached hydrogens (tertiary/aromatic N) is 1. The molecular formula is C24H18FNO3. The molecule has 1 heterocycles. The highest BCUT2D eigenvalue weighted by atomic mass is 19.1. The van der Waals surface area contributed by atoms with Crippen LogP contribution in [0.25, 0.3) is 5.76 Å². The van der Waals surface area contributed by atoms with Gasteiger partial charge in [-0.25, -0.2) is 4.39 Å². The van der Waals surface area contributed by atoms with E-state index >= 15 is 0 Å². The Bertz CT molecular complexity index is 1140. The molecule has 3 aromatic rings. The molecule has 0 radical (unpaired) electrons. The maximum atomic E-state index is 13.9. The fourth-order valence-corrected chi connectivity index (χ4v) is 3.63. The van der Waals surface area contributed by atoms with Crippen LogP contribution in [0, 0.1) is 12.7 Å². The molecule has 1 aliphatic heterocycles. The first kappa shape index (κ1) is 18.6. The van der Waals surface area contributed by atoms with Crippen molar-refractivity contribution >= 4 is 23.1 Å². The first-order valence-corrected chi connectivity index (χ1v) is 9.16. The molecule has 0 spiro atoms. The number of anilines is 1. The monoisotopic (exact) mass is 387 g/mol. The van der Waals surface area contributed by atoms with Crippen LogP contribution in [0.5, 0.6) is 0 Å². The van der Waals surface area contributed by atoms with E-state index in [0.29, 0.717) is 11.1 Å². The zero-order valence-corrected chi connectivity index (χ0v) is 15.7. The zero-order chi connectivity index (χ0) is 20.5. The lowest BCUT2D eigenvalue weighted by molar-refractivity contribution is -0.132. The Morgan fingerprint density at radius 2 is 1.66 bits per heavy atom. The Morgan fingerprint density at radius 3 is 2.34 bits per heavy atom. The van der Waals surface area contributed by atoms with Gasteiger partial charge < -0.3 is 5.11 Å². The molecule has 4 rings (SSSR count). The van der Waals surface area contributed by atoms with E-state index in [0.717, 1.165) is 5.56 Å². The number of rotatable bonds is 3. The molecule has 1 amide bonds. The molecule has 4 nitrogen and oxygen atoms in total. The number of halogens is 1. The van der Waals surface area contributed by atoms with Gasteiger partial charge in [-0.3, -0.25) is 14.5 Å². The van der Waals surface area contributed by atoms with E-state index in [1.165, 1.54) is 23.1 Å². The predicted octanol–water partition coefficient (Wildman–Crippen LogP) is 4.76. The number of aryl methyl sites for hydroxylation is 1. The van der Waals surface area contributed by atoms with Gasteiger partial charge in [-0.1, -0.05) is 66.2 Å². The van der Waals surface area contributed by atoms with E-state index in [9.17, 15) is 19.1 Å². The number of carbonyl (C=O) groups is 2. The van der Waals surface area contributed by atoms with Crippen LogP contribution in [0.15, 0.2) is 84.4 Å². The third kappa shape index (κ3) is 3.31. The normalized spacial score (nSPS) is 18.3. The molecule has 3 aromatic carbocycles. The van der Waals surface area contributed by atoms with Gasteiger partial charge in [0.25, 0.3) is 11.7 Å². The van der Waals surface area contributed by atoms with Gasteiger partial charge >= 0.3 is 0 Å². The molecule has 5 heteroatoms. The summed E-state index contributed by atoms with van der Waals surface area (Å²) in [4.78, 5) is 27.1. The average molecular weight is 387 g/mol. The highest BCUT2D eigenvalue weighted by molar-refractivity contribution is 6.51. The van der Waals surface area contributed by atoms with Crippen molar-refractivity contribution in [3.8, 4) is 0 Å². The lowest BCUT2D eigenvalue weighted by Crippen LogP contribution is -2.29. The van der Waals surface area contributed by atoms with E-state index in [2.05, 4.69) is 0 Å². The van der Waals surface area contributed by atoms with E-state index in [1.54, 1.807) is 42.5 Å². The van der Waals surface area contributed by atoms with Gasteiger partial charge in [0.1, 0.15) is 11.6 Å². The lowest BCUT2D eigenvalue weighted by atomic mass is 9.94. The second-order valence-corrected chi connectivity index (χ2v) is 6.93. The van der Waals surface area contributed by atoms with Crippen molar-refractivity contribution in [3.63, 3.8) is 0 Å². The maximum Gasteiger partial charge on any atom is 0.300 e. The van der Waals surface area contributed by atoms with Gasteiger partial charge in [0.2, 0.25) is 0 Å². The van der Waals surface area contributed by atoms with Crippen molar-refractivity contribution in [2.75, 3.05) is 4.90 Å². The molecule has 0 bridgehead atoms. The van der Waals surface area contributed by atoms with Crippen LogP contribution in [-0.2, 0) is 9.59 Å². The van der Waals surface area contributed by atoms with Gasteiger partial charge in [0.15, 0.2) is 0 Å². The van der Waals surface area contributed by atoms with E-state index in [-0.39, 0.29) is 17.0 Å². The minimum atomic E-state index is -0.864. The first-order valence-electron chi connectivity index (χ1n) is 9.16. The molecule has 144 valence electrons. The Balaban J connectivity index is 1.97. The summed E-state index contributed by atoms with van der Waals surface area (Å²) >= 11 is 0. The second kappa shape index (κ2) is 7.36. The molecule has 1 fully saturated rings. The Hall–Kier alpha value is -3.73. The van der Waals surface area contributed by atoms with Crippen LogP contribution in [0.2, 0.25) is 0 Å². The first-order chi connectivity index (χ1) is 14.0. The highest BCUT2D eigenvalue weighted by Crippen LogP contribution is 2.42. The summed E-state index contributed by atoms with van der Waals surface area (Å²) < 4.78 is 13.9. The molecule has 0 aromatic heterocycles. The summed E-state index contributed by atoms with van der Waals surface area (Å²) in [6.07, 6.45) is 0. The van der Waals surface area contributed by atoms with Crippen LogP contribution >= 0.6 is 0 Å². The topological polar surface area (TPSA) is 57.6 Å². The third-order valence-electron chi connectivity index (χ3n) is 4.94. The number of Topliss-reactive ketones (excluding diaryl/α,β-unsaturated/α-hetero) is 1. The Kier molecular flexibility index (Phi) is 4.72. The summed E-state index contributed by atoms with van der Waals surface area (Å²) in [5, 5.41) is 10.9. The van der Waals surface area contributed by atoms with Crippen molar-refractivity contribution in [1.82, 2.24) is 0 Å². The average Bonchev–Trinajstić information content (AvgIpc) is 2.99. The van der Waals surface area contributed by atoms with Crippen molar-refractivity contribution in [2.45, 2.75) is 13.0 Å². The van der Waals surface area contributed by atoms with Crippen molar-refractivity contribution in [3.05, 3.63) is 107 Å². The largest absolute Gasteiger partial charge is 0.507 e. The fourth-order valence-electron chi connectivity index (χ4n) is 3.63. The van der Waals surface area contributed by atoms with Crippen molar-refractivity contribution in [1.29, 1.82) is 0 Å². The van der Waals surface area contributed by atoms with Gasteiger partial charge in [0.05, 0.1) is 11.6 Å². The summed E-state index contributed by atoms with van der Waals surface area (Å²) in [6.45, 7) is 1.90. The minimum absolute atomic E-state index is 0.0175. The third-order valence-corrected chi connectivity index (χ3v) is 4.94. The number of aliphatic hydroxyl groups excluding tert-OH is 1. The van der Waals surface area contributed by atoms with Crippen LogP contribution in [-0.4, -0.2) is 16.8 Å². The summed E-state index contributed by atoms with van der Waals surface area (Å²) in [6, 6.07) is 20.6. The Morgan fingerprint density at radius 1 is 0.931 bits per heavy atom. The minimum Gasteiger partial charge on any atom is -0.507 e. The summed E-state index contributed by atoms with van der Waals surface area (Å²) in [5.41, 5.74) is 2.27. The van der Waals surface area contributed by atoms with E-state index in [4.69, 9.17) is 0 Å². The molecule has 1 atom stereocenters. The molecule has 0 aliphatic carbocycles. The van der Waals surface area contributed by atoms with E-state index in [1.807, 2.05) is 25.1 Å². The maximum absolute atomic E-state index is 13.9. The molecule has 1 unspecified atom stereocenters. The van der Waals surface area contributed by atoms with Crippen molar-refractivity contribution < 1.29 is 19.1 Å². The standard InChI is InChI=1S/C24H18FNO3/c1-15-7-5-10-17(13-15)21-20(22(27)16-8-3-2-4-9-16)23(28)24(29)26(21)19-12-6-11-18(25)14-19/h2-14,21,27H,1H3/b22-20+. The lowest BCUT2D eigenvalue weighted by Gasteiger charge is -2.25. The number of aliphatic hydroxyl groups is 1. The quantitative estimate of drug-likeness (QED) is 0.400. The van der Waals surface area contributed by atoms with Crippen LogP contribution < -0.4 is 4.90 Å². The number of hydrogen-bond acceptors (Lipinski definition) is 3. The van der Waals surface area contributed by atoms with E-state index < -0.39 is 23.5 Å². The molecule has 1 N–H and O–H groups in total. The SMILES string of the molecule is Cc1cccc(C2/C(=C(\O)c3ccccc3)C(=O)C(=O)N2c2cccc(F)c2)c1. The van der Waals surface area contributed by atoms with Crippen LogP contribution in [0.3, 0.4) is 0 Å². The van der Waals surface area contributed by atoms with Crippen molar-refractivity contribution in [2.24, 2.45) is 0 Å². The number of benzene rings is 3. The number of amides is 1. The summed E-state index contributed by atoms with van der Waals surface area (Å²) in [5.74, 6) is -2.38. The van der Waals surface area contributed by atoms with Crippen LogP contribution in [0.1, 0.15) is 22.7 Å². The van der Waals surface area contributed by atoms with Gasteiger partial charge in [0, 0.05) is 11.3 Å². The van der Waals surface area contributed by atoms with Gasteiger partial charge in [-0.2, -0.15) is 0 Å². The predicted molar refractivity (Wildman–Crippen MR) is 109 cm³/mol. The van der Waals surface area contributed by atoms with Crippen LogP contribution in [0.4, 0.5) is 10.1 Å². The zero-order valence-electron chi connectivity index (χ0n) is 15.7. The second-order valence-electron chi connectivity index (χ2n) is 6.93. The number of hydrogen-bond donors (Lipinski definition) is 1. The Labute approximate surface area is 167 Å². The number of carbonyl (C=O) groups excluding carboxylic acids is 2. The highest BCUT2D eigenvalue weighted by Gasteiger charge is 2.47.